The first-order chi connectivity index (χ1) is 15.9. The van der Waals surface area contributed by atoms with Crippen molar-refractivity contribution in [2.75, 3.05) is 17.7 Å². The highest BCUT2D eigenvalue weighted by atomic mass is 32.2. The lowest BCUT2D eigenvalue weighted by Gasteiger charge is -2.10. The zero-order valence-electron chi connectivity index (χ0n) is 19.3. The molecule has 170 valence electrons. The lowest BCUT2D eigenvalue weighted by molar-refractivity contribution is -0.113. The van der Waals surface area contributed by atoms with E-state index in [-0.39, 0.29) is 11.7 Å². The molecule has 0 aliphatic carbocycles. The summed E-state index contributed by atoms with van der Waals surface area (Å²) in [5.74, 6) is 1.41. The van der Waals surface area contributed by atoms with Gasteiger partial charge in [0.05, 0.1) is 12.4 Å². The second-order valence-corrected chi connectivity index (χ2v) is 8.77. The van der Waals surface area contributed by atoms with Gasteiger partial charge < -0.3 is 10.1 Å². The highest BCUT2D eigenvalue weighted by Crippen LogP contribution is 2.22. The molecule has 2 aromatic heterocycles. The maximum absolute atomic E-state index is 12.4. The third-order valence-electron chi connectivity index (χ3n) is 5.27. The Hall–Kier alpha value is -3.39. The molecule has 0 saturated heterocycles. The molecule has 4 rings (SSSR count). The number of benzene rings is 2. The van der Waals surface area contributed by atoms with Crippen molar-refractivity contribution < 1.29 is 9.53 Å². The van der Waals surface area contributed by atoms with Crippen molar-refractivity contribution in [3.05, 3.63) is 76.6 Å². The summed E-state index contributed by atoms with van der Waals surface area (Å²) in [6.45, 7) is 8.68. The van der Waals surface area contributed by atoms with Crippen LogP contribution in [0.4, 0.5) is 5.69 Å². The Morgan fingerprint density at radius 3 is 2.61 bits per heavy atom. The Labute approximate surface area is 197 Å². The summed E-state index contributed by atoms with van der Waals surface area (Å²) >= 11 is 1.29. The molecule has 0 aliphatic heterocycles. The first kappa shape index (κ1) is 22.8. The van der Waals surface area contributed by atoms with Gasteiger partial charge in [0.1, 0.15) is 5.75 Å². The van der Waals surface area contributed by atoms with E-state index in [1.54, 1.807) is 4.52 Å². The SMILES string of the molecule is CCOc1ccc(NC(=O)CSc2nc3nc(C)c(Cc4cccc(C)c4)c(C)n3n2)cc1. The molecule has 0 aliphatic rings. The van der Waals surface area contributed by atoms with Gasteiger partial charge in [-0.3, -0.25) is 4.79 Å². The number of hydrogen-bond acceptors (Lipinski definition) is 6. The third-order valence-corrected chi connectivity index (χ3v) is 6.11. The van der Waals surface area contributed by atoms with Crippen molar-refractivity contribution in [3.63, 3.8) is 0 Å². The molecule has 0 unspecified atom stereocenters. The average Bonchev–Trinajstić information content (AvgIpc) is 3.20. The predicted molar refractivity (Wildman–Crippen MR) is 131 cm³/mol. The minimum absolute atomic E-state index is 0.121. The predicted octanol–water partition coefficient (Wildman–Crippen LogP) is 4.77. The van der Waals surface area contributed by atoms with E-state index in [9.17, 15) is 4.79 Å². The van der Waals surface area contributed by atoms with Crippen LogP contribution in [0.3, 0.4) is 0 Å². The van der Waals surface area contributed by atoms with E-state index in [0.29, 0.717) is 17.5 Å². The van der Waals surface area contributed by atoms with Crippen LogP contribution in [-0.2, 0) is 11.2 Å². The zero-order valence-corrected chi connectivity index (χ0v) is 20.1. The van der Waals surface area contributed by atoms with Crippen LogP contribution in [0.25, 0.3) is 5.78 Å². The molecule has 8 heteroatoms. The first-order valence-electron chi connectivity index (χ1n) is 10.9. The Bertz CT molecular complexity index is 1280. The van der Waals surface area contributed by atoms with Crippen molar-refractivity contribution in [3.8, 4) is 5.75 Å². The number of anilines is 1. The van der Waals surface area contributed by atoms with Crippen LogP contribution in [0, 0.1) is 20.8 Å². The van der Waals surface area contributed by atoms with Gasteiger partial charge in [0.25, 0.3) is 5.78 Å². The van der Waals surface area contributed by atoms with Crippen LogP contribution < -0.4 is 10.1 Å². The van der Waals surface area contributed by atoms with Crippen LogP contribution in [-0.4, -0.2) is 37.8 Å². The molecule has 1 amide bonds. The highest BCUT2D eigenvalue weighted by molar-refractivity contribution is 7.99. The number of rotatable bonds is 8. The lowest BCUT2D eigenvalue weighted by Crippen LogP contribution is -2.14. The van der Waals surface area contributed by atoms with Crippen molar-refractivity contribution in [1.82, 2.24) is 19.6 Å². The fourth-order valence-electron chi connectivity index (χ4n) is 3.66. The Morgan fingerprint density at radius 2 is 1.88 bits per heavy atom. The maximum Gasteiger partial charge on any atom is 0.253 e. The number of nitrogens with zero attached hydrogens (tertiary/aromatic N) is 4. The Morgan fingerprint density at radius 1 is 1.09 bits per heavy atom. The van der Waals surface area contributed by atoms with Crippen LogP contribution in [0.1, 0.15) is 35.0 Å². The number of carbonyl (C=O) groups is 1. The summed E-state index contributed by atoms with van der Waals surface area (Å²) in [4.78, 5) is 21.5. The molecule has 0 fully saturated rings. The largest absolute Gasteiger partial charge is 0.494 e. The number of aromatic nitrogens is 4. The van der Waals surface area contributed by atoms with Crippen molar-refractivity contribution in [2.24, 2.45) is 0 Å². The highest BCUT2D eigenvalue weighted by Gasteiger charge is 2.15. The standard InChI is InChI=1S/C25H27N5O2S/c1-5-32-21-11-9-20(10-12-21)27-23(31)15-33-25-28-24-26-17(3)22(18(4)30(24)29-25)14-19-8-6-7-16(2)13-19/h6-13H,5,14-15H2,1-4H3,(H,27,31). The topological polar surface area (TPSA) is 81.4 Å². The number of fused-ring (bicyclic) bond motifs is 1. The Balaban J connectivity index is 1.44. The van der Waals surface area contributed by atoms with Crippen LogP contribution in [0.5, 0.6) is 5.75 Å². The monoisotopic (exact) mass is 461 g/mol. The average molecular weight is 462 g/mol. The molecule has 4 aromatic rings. The summed E-state index contributed by atoms with van der Waals surface area (Å²) in [7, 11) is 0. The molecule has 7 nitrogen and oxygen atoms in total. The molecule has 0 radical (unpaired) electrons. The van der Waals surface area contributed by atoms with Gasteiger partial charge in [-0.2, -0.15) is 4.98 Å². The van der Waals surface area contributed by atoms with Gasteiger partial charge in [-0.1, -0.05) is 41.6 Å². The third kappa shape index (κ3) is 5.51. The number of nitrogens with one attached hydrogen (secondary N) is 1. The van der Waals surface area contributed by atoms with E-state index in [4.69, 9.17) is 4.74 Å². The number of ether oxygens (including phenoxy) is 1. The molecule has 0 spiro atoms. The molecular weight excluding hydrogens is 434 g/mol. The minimum Gasteiger partial charge on any atom is -0.494 e. The van der Waals surface area contributed by atoms with E-state index < -0.39 is 0 Å². The van der Waals surface area contributed by atoms with E-state index in [1.807, 2.05) is 45.0 Å². The van der Waals surface area contributed by atoms with Crippen molar-refractivity contribution in [1.29, 1.82) is 0 Å². The summed E-state index contributed by atoms with van der Waals surface area (Å²) in [6, 6.07) is 15.8. The minimum atomic E-state index is -0.121. The van der Waals surface area contributed by atoms with E-state index in [0.717, 1.165) is 34.8 Å². The molecule has 0 saturated carbocycles. The second kappa shape index (κ2) is 10.0. The van der Waals surface area contributed by atoms with E-state index >= 15 is 0 Å². The number of aryl methyl sites for hydroxylation is 3. The summed E-state index contributed by atoms with van der Waals surface area (Å²) in [5, 5.41) is 8.00. The van der Waals surface area contributed by atoms with Crippen LogP contribution in [0.15, 0.2) is 53.7 Å². The number of amides is 1. The fraction of sp³-hybridized carbons (Fsp3) is 0.280. The number of carbonyl (C=O) groups excluding carboxylic acids is 1. The summed E-state index contributed by atoms with van der Waals surface area (Å²) < 4.78 is 7.19. The van der Waals surface area contributed by atoms with Crippen LogP contribution in [0.2, 0.25) is 0 Å². The van der Waals surface area contributed by atoms with Gasteiger partial charge >= 0.3 is 0 Å². The van der Waals surface area contributed by atoms with Crippen LogP contribution >= 0.6 is 11.8 Å². The van der Waals surface area contributed by atoms with Gasteiger partial charge in [0, 0.05) is 23.5 Å². The summed E-state index contributed by atoms with van der Waals surface area (Å²) in [5.41, 5.74) is 6.29. The number of thioether (sulfide) groups is 1. The molecule has 33 heavy (non-hydrogen) atoms. The molecular formula is C25H27N5O2S. The molecule has 1 N–H and O–H groups in total. The molecule has 0 atom stereocenters. The van der Waals surface area contributed by atoms with Gasteiger partial charge in [0.2, 0.25) is 11.1 Å². The van der Waals surface area contributed by atoms with Crippen molar-refractivity contribution >= 4 is 29.1 Å². The lowest BCUT2D eigenvalue weighted by atomic mass is 10.0. The maximum atomic E-state index is 12.4. The quantitative estimate of drug-likeness (QED) is 0.381. The molecule has 0 bridgehead atoms. The zero-order chi connectivity index (χ0) is 23.4. The Kier molecular flexibility index (Phi) is 6.93. The number of hydrogen-bond donors (Lipinski definition) is 1. The molecule has 2 aromatic carbocycles. The smallest absolute Gasteiger partial charge is 0.253 e. The fourth-order valence-corrected chi connectivity index (χ4v) is 4.28. The first-order valence-corrected chi connectivity index (χ1v) is 11.9. The van der Waals surface area contributed by atoms with Gasteiger partial charge in [0.15, 0.2) is 0 Å². The second-order valence-electron chi connectivity index (χ2n) is 7.83. The van der Waals surface area contributed by atoms with Crippen molar-refractivity contribution in [2.45, 2.75) is 39.3 Å². The van der Waals surface area contributed by atoms with E-state index in [1.165, 1.54) is 22.9 Å². The van der Waals surface area contributed by atoms with E-state index in [2.05, 4.69) is 51.6 Å². The summed E-state index contributed by atoms with van der Waals surface area (Å²) in [6.07, 6.45) is 0.787. The van der Waals surface area contributed by atoms with Gasteiger partial charge in [-0.05, 0) is 63.1 Å². The molecule has 2 heterocycles. The normalized spacial score (nSPS) is 11.0. The van der Waals surface area contributed by atoms with Gasteiger partial charge in [-0.25, -0.2) is 9.50 Å². The van der Waals surface area contributed by atoms with Gasteiger partial charge in [-0.15, -0.1) is 5.10 Å².